The summed E-state index contributed by atoms with van der Waals surface area (Å²) < 4.78 is 5.46. The molecule has 0 aromatic carbocycles. The summed E-state index contributed by atoms with van der Waals surface area (Å²) in [6.07, 6.45) is 4.86. The number of aldehydes is 1. The second kappa shape index (κ2) is 9.46. The first-order valence-electron chi connectivity index (χ1n) is 9.68. The number of methoxy groups -OCH3 is 1. The molecule has 6 unspecified atom stereocenters. The van der Waals surface area contributed by atoms with Crippen molar-refractivity contribution in [3.63, 3.8) is 0 Å². The van der Waals surface area contributed by atoms with Crippen LogP contribution in [0.25, 0.3) is 0 Å². The maximum absolute atomic E-state index is 12.7. The van der Waals surface area contributed by atoms with E-state index in [0.717, 1.165) is 32.0 Å². The van der Waals surface area contributed by atoms with E-state index in [2.05, 4.69) is 10.6 Å². The fourth-order valence-corrected chi connectivity index (χ4v) is 4.42. The molecule has 2 bridgehead atoms. The Labute approximate surface area is 156 Å². The molecule has 6 atom stereocenters. The van der Waals surface area contributed by atoms with Crippen LogP contribution in [0.1, 0.15) is 46.0 Å². The van der Waals surface area contributed by atoms with Crippen molar-refractivity contribution in [2.75, 3.05) is 20.7 Å². The second-order valence-corrected chi connectivity index (χ2v) is 7.69. The fourth-order valence-electron chi connectivity index (χ4n) is 4.42. The van der Waals surface area contributed by atoms with Gasteiger partial charge in [0.25, 0.3) is 0 Å². The molecule has 2 N–H and O–H groups in total. The first-order chi connectivity index (χ1) is 12.4. The molecule has 1 aliphatic heterocycles. The van der Waals surface area contributed by atoms with Crippen molar-refractivity contribution in [1.82, 2.24) is 15.5 Å². The summed E-state index contributed by atoms with van der Waals surface area (Å²) in [5.74, 6) is 0.318. The van der Waals surface area contributed by atoms with Crippen LogP contribution in [0.4, 0.5) is 0 Å². The van der Waals surface area contributed by atoms with Crippen molar-refractivity contribution in [3.05, 3.63) is 0 Å². The van der Waals surface area contributed by atoms with E-state index < -0.39 is 0 Å². The molecule has 148 valence electrons. The van der Waals surface area contributed by atoms with E-state index in [4.69, 9.17) is 4.74 Å². The van der Waals surface area contributed by atoms with E-state index in [0.29, 0.717) is 12.0 Å². The van der Waals surface area contributed by atoms with Gasteiger partial charge in [-0.3, -0.25) is 9.59 Å². The molecule has 2 fully saturated rings. The van der Waals surface area contributed by atoms with Gasteiger partial charge < -0.3 is 25.1 Å². The predicted molar refractivity (Wildman–Crippen MR) is 98.6 cm³/mol. The van der Waals surface area contributed by atoms with E-state index in [-0.39, 0.29) is 48.9 Å². The Morgan fingerprint density at radius 1 is 1.38 bits per heavy atom. The number of piperidine rings is 1. The number of carbonyl (C=O) groups is 3. The number of nitrogens with zero attached hydrogens (tertiary/aromatic N) is 1. The van der Waals surface area contributed by atoms with Gasteiger partial charge in [0.15, 0.2) is 0 Å². The highest BCUT2D eigenvalue weighted by molar-refractivity contribution is 5.88. The maximum Gasteiger partial charge on any atom is 0.242 e. The third-order valence-corrected chi connectivity index (χ3v) is 6.14. The van der Waals surface area contributed by atoms with Crippen molar-refractivity contribution in [2.45, 2.75) is 70.2 Å². The number of fused-ring (bicyclic) bond motifs is 2. The largest absolute Gasteiger partial charge is 0.379 e. The minimum absolute atomic E-state index is 0.0324. The van der Waals surface area contributed by atoms with Crippen LogP contribution in [0.3, 0.4) is 0 Å². The number of hydrogen-bond donors (Lipinski definition) is 2. The highest BCUT2D eigenvalue weighted by atomic mass is 16.5. The Kier molecular flexibility index (Phi) is 7.58. The highest BCUT2D eigenvalue weighted by Gasteiger charge is 2.42. The quantitative estimate of drug-likeness (QED) is 0.556. The molecule has 1 aliphatic carbocycles. The molecular weight excluding hydrogens is 334 g/mol. The zero-order valence-electron chi connectivity index (χ0n) is 16.4. The first-order valence-corrected chi connectivity index (χ1v) is 9.68. The minimum Gasteiger partial charge on any atom is -0.379 e. The van der Waals surface area contributed by atoms with Gasteiger partial charge >= 0.3 is 0 Å². The van der Waals surface area contributed by atoms with Gasteiger partial charge in [0.2, 0.25) is 11.8 Å². The molecule has 0 aromatic rings. The normalized spacial score (nSPS) is 27.6. The molecule has 1 saturated carbocycles. The summed E-state index contributed by atoms with van der Waals surface area (Å²) in [5, 5.41) is 6.13. The molecule has 0 spiro atoms. The Balaban J connectivity index is 1.92. The lowest BCUT2D eigenvalue weighted by Crippen LogP contribution is -2.54. The summed E-state index contributed by atoms with van der Waals surface area (Å²) in [4.78, 5) is 37.6. The average Bonchev–Trinajstić information content (AvgIpc) is 3.28. The summed E-state index contributed by atoms with van der Waals surface area (Å²) in [6.45, 7) is 4.06. The molecule has 0 aromatic heterocycles. The molecule has 2 rings (SSSR count). The van der Waals surface area contributed by atoms with Crippen molar-refractivity contribution in [3.8, 4) is 0 Å². The number of rotatable bonds is 10. The maximum atomic E-state index is 12.7. The smallest absolute Gasteiger partial charge is 0.242 e. The van der Waals surface area contributed by atoms with Gasteiger partial charge in [0.05, 0.1) is 24.7 Å². The third-order valence-electron chi connectivity index (χ3n) is 6.14. The Morgan fingerprint density at radius 2 is 2.12 bits per heavy atom. The summed E-state index contributed by atoms with van der Waals surface area (Å²) in [7, 11) is 3.28. The summed E-state index contributed by atoms with van der Waals surface area (Å²) >= 11 is 0. The number of hydrogen-bond acceptors (Lipinski definition) is 5. The number of likely N-dealkylation sites (N-methyl/N-ethyl adjacent to an activating group) is 1. The van der Waals surface area contributed by atoms with Crippen LogP contribution >= 0.6 is 0 Å². The van der Waals surface area contributed by atoms with E-state index in [1.807, 2.05) is 13.8 Å². The van der Waals surface area contributed by atoms with E-state index in [9.17, 15) is 14.4 Å². The Bertz CT molecular complexity index is 513. The van der Waals surface area contributed by atoms with Crippen LogP contribution in [0.15, 0.2) is 0 Å². The zero-order chi connectivity index (χ0) is 19.3. The van der Waals surface area contributed by atoms with Gasteiger partial charge in [-0.05, 0) is 31.1 Å². The lowest BCUT2D eigenvalue weighted by molar-refractivity contribution is -0.138. The van der Waals surface area contributed by atoms with Crippen LogP contribution in [-0.4, -0.2) is 67.9 Å². The lowest BCUT2D eigenvalue weighted by atomic mass is 9.91. The van der Waals surface area contributed by atoms with Gasteiger partial charge in [0.1, 0.15) is 6.29 Å². The number of ether oxygens (including phenoxy) is 1. The molecule has 7 heteroatoms. The highest BCUT2D eigenvalue weighted by Crippen LogP contribution is 2.35. The Morgan fingerprint density at radius 3 is 2.62 bits per heavy atom. The topological polar surface area (TPSA) is 87.7 Å². The number of nitrogens with one attached hydrogen (secondary N) is 2. The number of carbonyl (C=O) groups excluding carboxylic acids is 3. The van der Waals surface area contributed by atoms with Crippen molar-refractivity contribution in [1.29, 1.82) is 0 Å². The molecule has 1 heterocycles. The van der Waals surface area contributed by atoms with Crippen LogP contribution < -0.4 is 10.6 Å². The molecule has 26 heavy (non-hydrogen) atoms. The van der Waals surface area contributed by atoms with E-state index >= 15 is 0 Å². The molecule has 2 aliphatic rings. The van der Waals surface area contributed by atoms with E-state index in [1.54, 1.807) is 19.1 Å². The van der Waals surface area contributed by atoms with E-state index in [1.165, 1.54) is 0 Å². The van der Waals surface area contributed by atoms with Gasteiger partial charge in [-0.25, -0.2) is 0 Å². The van der Waals surface area contributed by atoms with Gasteiger partial charge in [-0.15, -0.1) is 0 Å². The molecule has 1 saturated heterocycles. The fraction of sp³-hybridized carbons (Fsp3) is 0.842. The lowest BCUT2D eigenvalue weighted by Gasteiger charge is -2.37. The van der Waals surface area contributed by atoms with Crippen LogP contribution in [0.2, 0.25) is 0 Å². The monoisotopic (exact) mass is 367 g/mol. The van der Waals surface area contributed by atoms with Crippen molar-refractivity contribution in [2.24, 2.45) is 11.8 Å². The molecule has 2 amide bonds. The molecular formula is C19H33N3O4. The van der Waals surface area contributed by atoms with Crippen LogP contribution in [0, 0.1) is 11.8 Å². The van der Waals surface area contributed by atoms with Crippen LogP contribution in [-0.2, 0) is 19.1 Å². The predicted octanol–water partition coefficient (Wildman–Crippen LogP) is 0.720. The number of amides is 2. The van der Waals surface area contributed by atoms with Crippen molar-refractivity contribution < 1.29 is 19.1 Å². The van der Waals surface area contributed by atoms with Crippen LogP contribution in [0.5, 0.6) is 0 Å². The molecule has 7 nitrogen and oxygen atoms in total. The van der Waals surface area contributed by atoms with Gasteiger partial charge in [0, 0.05) is 26.6 Å². The van der Waals surface area contributed by atoms with Gasteiger partial charge in [-0.2, -0.15) is 0 Å². The summed E-state index contributed by atoms with van der Waals surface area (Å²) in [6, 6.07) is 0.0777. The first kappa shape index (κ1) is 20.8. The molecule has 0 radical (unpaired) electrons. The minimum atomic E-state index is -0.348. The summed E-state index contributed by atoms with van der Waals surface area (Å²) in [5.41, 5.74) is 0. The standard InChI is InChI=1S/C19H33N3O4/c1-5-12(2)18(15(26-4)8-9-23)22(3)16(24)11-20-19(25)17-13-6-7-14(10-13)21-17/h9,12-15,17-18,21H,5-8,10-11H2,1-4H3,(H,20,25). The SMILES string of the molecule is CCC(C)C(C(CC=O)OC)N(C)C(=O)CNC(=O)C1NC2CCC1C2. The zero-order valence-corrected chi connectivity index (χ0v) is 16.4. The average molecular weight is 367 g/mol. The Hall–Kier alpha value is -1.47. The third kappa shape index (κ3) is 4.62. The van der Waals surface area contributed by atoms with Gasteiger partial charge in [-0.1, -0.05) is 20.3 Å². The van der Waals surface area contributed by atoms with Crippen molar-refractivity contribution >= 4 is 18.1 Å². The second-order valence-electron chi connectivity index (χ2n) is 7.69.